The Morgan fingerprint density at radius 3 is 1.51 bits per heavy atom. The van der Waals surface area contributed by atoms with Gasteiger partial charge in [-0.05, 0) is 74.2 Å². The minimum absolute atomic E-state index is 0.0219. The lowest BCUT2D eigenvalue weighted by atomic mass is 10.1. The number of nitrogens with zero attached hydrogens (tertiary/aromatic N) is 1. The fourth-order valence-electron chi connectivity index (χ4n) is 3.75. The predicted octanol–water partition coefficient (Wildman–Crippen LogP) is 3.51. The molecule has 0 saturated carbocycles. The van der Waals surface area contributed by atoms with E-state index < -0.39 is 9.84 Å². The van der Waals surface area contributed by atoms with Crippen LogP contribution >= 0.6 is 0 Å². The maximum atomic E-state index is 13.0. The SMILES string of the molecule is N=C(N)CCCCCCCC(=O)Nc1ccc(S(=O)(=O)c2ccc(NC(=O)CCCCN=C(N)N)cc2)cc1. The van der Waals surface area contributed by atoms with Crippen molar-refractivity contribution in [2.45, 2.75) is 74.0 Å². The van der Waals surface area contributed by atoms with Crippen LogP contribution in [0.25, 0.3) is 0 Å². The largest absolute Gasteiger partial charge is 0.388 e. The molecule has 0 atom stereocenters. The maximum Gasteiger partial charge on any atom is 0.224 e. The average Bonchev–Trinajstić information content (AvgIpc) is 2.88. The molecule has 0 spiro atoms. The van der Waals surface area contributed by atoms with Crippen LogP contribution in [0, 0.1) is 5.41 Å². The van der Waals surface area contributed by atoms with Crippen LogP contribution in [0.2, 0.25) is 0 Å². The summed E-state index contributed by atoms with van der Waals surface area (Å²) in [5.74, 6) is -0.0800. The van der Waals surface area contributed by atoms with Crippen LogP contribution in [0.15, 0.2) is 63.3 Å². The number of carbonyl (C=O) groups excluding carboxylic acids is 2. The van der Waals surface area contributed by atoms with E-state index in [2.05, 4.69) is 15.6 Å². The van der Waals surface area contributed by atoms with Gasteiger partial charge in [-0.15, -0.1) is 0 Å². The van der Waals surface area contributed by atoms with Gasteiger partial charge in [0.1, 0.15) is 0 Å². The molecule has 0 heterocycles. The highest BCUT2D eigenvalue weighted by Crippen LogP contribution is 2.24. The molecule has 212 valence electrons. The van der Waals surface area contributed by atoms with Crippen LogP contribution in [0.4, 0.5) is 11.4 Å². The van der Waals surface area contributed by atoms with Gasteiger partial charge in [0.15, 0.2) is 5.96 Å². The second kappa shape index (κ2) is 16.1. The zero-order valence-corrected chi connectivity index (χ0v) is 22.9. The molecular formula is C27H39N7O4S. The number of amides is 2. The van der Waals surface area contributed by atoms with Crippen molar-refractivity contribution in [2.24, 2.45) is 22.2 Å². The lowest BCUT2D eigenvalue weighted by Crippen LogP contribution is -2.23. The number of unbranched alkanes of at least 4 members (excludes halogenated alkanes) is 5. The predicted molar refractivity (Wildman–Crippen MR) is 154 cm³/mol. The Labute approximate surface area is 230 Å². The van der Waals surface area contributed by atoms with Gasteiger partial charge in [-0.1, -0.05) is 19.3 Å². The number of hydrogen-bond acceptors (Lipinski definition) is 6. The minimum Gasteiger partial charge on any atom is -0.388 e. The number of aliphatic imine (C=N–C) groups is 1. The van der Waals surface area contributed by atoms with Gasteiger partial charge in [0, 0.05) is 37.2 Å². The van der Waals surface area contributed by atoms with E-state index in [9.17, 15) is 18.0 Å². The van der Waals surface area contributed by atoms with Crippen molar-refractivity contribution in [1.29, 1.82) is 5.41 Å². The lowest BCUT2D eigenvalue weighted by Gasteiger charge is -2.09. The third-order valence-electron chi connectivity index (χ3n) is 5.85. The van der Waals surface area contributed by atoms with E-state index in [0.717, 1.165) is 32.1 Å². The zero-order valence-electron chi connectivity index (χ0n) is 22.1. The van der Waals surface area contributed by atoms with Crippen molar-refractivity contribution >= 4 is 44.8 Å². The van der Waals surface area contributed by atoms with Crippen molar-refractivity contribution in [2.75, 3.05) is 17.2 Å². The van der Waals surface area contributed by atoms with Gasteiger partial charge in [0.2, 0.25) is 21.7 Å². The summed E-state index contributed by atoms with van der Waals surface area (Å²) in [5.41, 5.74) is 16.9. The van der Waals surface area contributed by atoms with Gasteiger partial charge in [-0.25, -0.2) is 8.42 Å². The van der Waals surface area contributed by atoms with Gasteiger partial charge in [-0.2, -0.15) is 0 Å². The molecule has 2 aromatic rings. The zero-order chi connectivity index (χ0) is 28.7. The Kier molecular flexibility index (Phi) is 12.9. The van der Waals surface area contributed by atoms with Gasteiger partial charge in [-0.3, -0.25) is 20.0 Å². The Hall–Kier alpha value is -3.93. The molecule has 0 saturated heterocycles. The van der Waals surface area contributed by atoms with Gasteiger partial charge in [0.25, 0.3) is 0 Å². The summed E-state index contributed by atoms with van der Waals surface area (Å²) in [6.45, 7) is 0.459. The molecular weight excluding hydrogens is 518 g/mol. The first kappa shape index (κ1) is 31.3. The van der Waals surface area contributed by atoms with Gasteiger partial charge in [0.05, 0.1) is 15.6 Å². The second-order valence-corrected chi connectivity index (χ2v) is 11.2. The normalized spacial score (nSPS) is 11.0. The first-order chi connectivity index (χ1) is 18.6. The van der Waals surface area contributed by atoms with Crippen LogP contribution in [0.3, 0.4) is 0 Å². The molecule has 0 aliphatic heterocycles. The molecule has 0 bridgehead atoms. The molecule has 2 amide bonds. The van der Waals surface area contributed by atoms with E-state index in [4.69, 9.17) is 22.6 Å². The number of carbonyl (C=O) groups is 2. The molecule has 0 aliphatic rings. The Balaban J connectivity index is 1.80. The molecule has 0 aromatic heterocycles. The van der Waals surface area contributed by atoms with Gasteiger partial charge < -0.3 is 27.8 Å². The van der Waals surface area contributed by atoms with Crippen LogP contribution in [-0.2, 0) is 19.4 Å². The fourth-order valence-corrected chi connectivity index (χ4v) is 5.02. The number of anilines is 2. The molecule has 0 aliphatic carbocycles. The molecule has 0 unspecified atom stereocenters. The molecule has 0 fully saturated rings. The van der Waals surface area contributed by atoms with E-state index in [1.165, 1.54) is 24.3 Å². The van der Waals surface area contributed by atoms with Crippen molar-refractivity contribution < 1.29 is 18.0 Å². The smallest absolute Gasteiger partial charge is 0.224 e. The second-order valence-electron chi connectivity index (χ2n) is 9.21. The van der Waals surface area contributed by atoms with Crippen LogP contribution in [-0.4, -0.2) is 38.6 Å². The number of benzene rings is 2. The maximum absolute atomic E-state index is 13.0. The molecule has 11 nitrogen and oxygen atoms in total. The third-order valence-corrected chi connectivity index (χ3v) is 7.64. The van der Waals surface area contributed by atoms with Crippen molar-refractivity contribution in [3.8, 4) is 0 Å². The van der Waals surface area contributed by atoms with E-state index in [1.54, 1.807) is 24.3 Å². The van der Waals surface area contributed by atoms with Crippen molar-refractivity contribution in [1.82, 2.24) is 0 Å². The summed E-state index contributed by atoms with van der Waals surface area (Å²) in [7, 11) is -3.77. The van der Waals surface area contributed by atoms with E-state index in [-0.39, 0.29) is 33.4 Å². The summed E-state index contributed by atoms with van der Waals surface area (Å²) in [5, 5.41) is 12.7. The molecule has 0 radical (unpaired) electrons. The molecule has 12 heteroatoms. The highest BCUT2D eigenvalue weighted by atomic mass is 32.2. The summed E-state index contributed by atoms with van der Waals surface area (Å²) in [6, 6.07) is 12.0. The molecule has 9 N–H and O–H groups in total. The first-order valence-corrected chi connectivity index (χ1v) is 14.5. The fraction of sp³-hybridized carbons (Fsp3) is 0.407. The Morgan fingerprint density at radius 1 is 0.667 bits per heavy atom. The summed E-state index contributed by atoms with van der Waals surface area (Å²) in [4.78, 5) is 28.4. The average molecular weight is 558 g/mol. The number of rotatable bonds is 17. The number of nitrogens with two attached hydrogens (primary N) is 3. The quantitative estimate of drug-likeness (QED) is 0.0968. The number of hydrogen-bond donors (Lipinski definition) is 6. The Bertz CT molecular complexity index is 1220. The number of sulfone groups is 1. The first-order valence-electron chi connectivity index (χ1n) is 13.0. The third kappa shape index (κ3) is 12.0. The number of guanidine groups is 1. The Morgan fingerprint density at radius 2 is 1.08 bits per heavy atom. The van der Waals surface area contributed by atoms with Crippen molar-refractivity contribution in [3.63, 3.8) is 0 Å². The van der Waals surface area contributed by atoms with Gasteiger partial charge >= 0.3 is 0 Å². The molecule has 2 rings (SSSR count). The standard InChI is InChI=1S/C27H39N7O4S/c28-24(29)8-4-2-1-3-5-9-25(35)33-20-11-15-22(16-12-20)39(37,38)23-17-13-21(14-18-23)34-26(36)10-6-7-19-32-27(30)31/h11-18H,1-10,19H2,(H3,28,29)(H,33,35)(H,34,36)(H4,30,31,32). The van der Waals surface area contributed by atoms with E-state index in [1.807, 2.05) is 0 Å². The number of amidine groups is 1. The molecule has 2 aromatic carbocycles. The van der Waals surface area contributed by atoms with Crippen LogP contribution < -0.4 is 27.8 Å². The topological polar surface area (TPSA) is 207 Å². The highest BCUT2D eigenvalue weighted by molar-refractivity contribution is 7.91. The van der Waals surface area contributed by atoms with E-state index >= 15 is 0 Å². The van der Waals surface area contributed by atoms with Crippen LogP contribution in [0.5, 0.6) is 0 Å². The molecule has 39 heavy (non-hydrogen) atoms. The van der Waals surface area contributed by atoms with Crippen LogP contribution in [0.1, 0.15) is 64.2 Å². The highest BCUT2D eigenvalue weighted by Gasteiger charge is 2.18. The number of nitrogens with one attached hydrogen (secondary N) is 3. The summed E-state index contributed by atoms with van der Waals surface area (Å²) in [6.07, 6.45) is 7.13. The van der Waals surface area contributed by atoms with E-state index in [0.29, 0.717) is 50.0 Å². The van der Waals surface area contributed by atoms with Crippen molar-refractivity contribution in [3.05, 3.63) is 48.5 Å². The minimum atomic E-state index is -3.77. The summed E-state index contributed by atoms with van der Waals surface area (Å²) >= 11 is 0. The summed E-state index contributed by atoms with van der Waals surface area (Å²) < 4.78 is 26.0. The lowest BCUT2D eigenvalue weighted by molar-refractivity contribution is -0.117. The monoisotopic (exact) mass is 557 g/mol.